The molecule has 9 heteroatoms. The van der Waals surface area contributed by atoms with Gasteiger partial charge in [-0.05, 0) is 25.3 Å². The van der Waals surface area contributed by atoms with Gasteiger partial charge in [-0.3, -0.25) is 9.59 Å². The van der Waals surface area contributed by atoms with Crippen LogP contribution < -0.4 is 10.9 Å². The zero-order valence-corrected chi connectivity index (χ0v) is 15.6. The molecule has 2 aliphatic rings. The normalized spacial score (nSPS) is 23.1. The standard InChI is InChI=1S/C18H25N5O4/c1-10(2)17-21-22(8-16(25)19-12-5-6-27-9-15(12)24)18(26)14-7-13(11-3-4-11)20-23(14)17/h7,10-12,15,24H,3-6,8-9H2,1-2H3,(H,19,25)/t12-,15+/m1/s1. The predicted octanol–water partition coefficient (Wildman–Crippen LogP) is 0.158. The third-order valence-corrected chi connectivity index (χ3v) is 5.10. The summed E-state index contributed by atoms with van der Waals surface area (Å²) in [7, 11) is 0. The highest BCUT2D eigenvalue weighted by atomic mass is 16.5. The number of hydrogen-bond donors (Lipinski definition) is 2. The molecule has 9 nitrogen and oxygen atoms in total. The highest BCUT2D eigenvalue weighted by Crippen LogP contribution is 2.39. The molecule has 146 valence electrons. The summed E-state index contributed by atoms with van der Waals surface area (Å²) in [6.45, 7) is 4.46. The minimum Gasteiger partial charge on any atom is -0.389 e. The van der Waals surface area contributed by atoms with Crippen LogP contribution in [0.1, 0.15) is 56.5 Å². The molecule has 0 spiro atoms. The van der Waals surface area contributed by atoms with Crippen LogP contribution in [0.3, 0.4) is 0 Å². The Hall–Kier alpha value is -2.26. The van der Waals surface area contributed by atoms with E-state index in [9.17, 15) is 14.7 Å². The highest BCUT2D eigenvalue weighted by Gasteiger charge is 2.29. The van der Waals surface area contributed by atoms with E-state index in [0.29, 0.717) is 30.3 Å². The number of hydrogen-bond acceptors (Lipinski definition) is 6. The molecular weight excluding hydrogens is 350 g/mol. The van der Waals surface area contributed by atoms with Crippen molar-refractivity contribution in [3.8, 4) is 0 Å². The molecule has 2 aromatic rings. The second kappa shape index (κ2) is 7.05. The number of ether oxygens (including phenoxy) is 1. The Bertz CT molecular complexity index is 914. The maximum Gasteiger partial charge on any atom is 0.293 e. The SMILES string of the molecule is CC(C)c1nn(CC(=O)N[C@@H]2CCOC[C@@H]2O)c(=O)c2cc(C3CC3)nn12. The zero-order chi connectivity index (χ0) is 19.1. The molecule has 1 saturated carbocycles. The molecule has 2 fully saturated rings. The predicted molar refractivity (Wildman–Crippen MR) is 96.7 cm³/mol. The van der Waals surface area contributed by atoms with Crippen LogP contribution in [-0.4, -0.2) is 55.8 Å². The number of aliphatic hydroxyl groups is 1. The second-order valence-electron chi connectivity index (χ2n) is 7.72. The number of nitrogens with zero attached hydrogens (tertiary/aromatic N) is 4. The molecule has 1 saturated heterocycles. The maximum atomic E-state index is 12.8. The quantitative estimate of drug-likeness (QED) is 0.770. The summed E-state index contributed by atoms with van der Waals surface area (Å²) < 4.78 is 7.99. The van der Waals surface area contributed by atoms with E-state index in [0.717, 1.165) is 18.5 Å². The molecule has 2 N–H and O–H groups in total. The summed E-state index contributed by atoms with van der Waals surface area (Å²) in [6, 6.07) is 1.45. The molecule has 0 bridgehead atoms. The van der Waals surface area contributed by atoms with E-state index in [1.807, 2.05) is 19.9 Å². The first-order valence-corrected chi connectivity index (χ1v) is 9.50. The number of aliphatic hydroxyl groups excluding tert-OH is 1. The van der Waals surface area contributed by atoms with Crippen molar-refractivity contribution in [1.29, 1.82) is 0 Å². The van der Waals surface area contributed by atoms with Crippen molar-refractivity contribution in [2.45, 2.75) is 63.6 Å². The van der Waals surface area contributed by atoms with Gasteiger partial charge in [-0.25, -0.2) is 9.20 Å². The Morgan fingerprint density at radius 2 is 2.15 bits per heavy atom. The Balaban J connectivity index is 1.61. The molecule has 4 rings (SSSR count). The molecule has 0 aromatic carbocycles. The number of fused-ring (bicyclic) bond motifs is 1. The largest absolute Gasteiger partial charge is 0.389 e. The van der Waals surface area contributed by atoms with E-state index in [1.165, 1.54) is 4.68 Å². The Kier molecular flexibility index (Phi) is 4.73. The van der Waals surface area contributed by atoms with Gasteiger partial charge in [-0.1, -0.05) is 13.8 Å². The van der Waals surface area contributed by atoms with E-state index in [2.05, 4.69) is 15.5 Å². The lowest BCUT2D eigenvalue weighted by Crippen LogP contribution is -2.50. The van der Waals surface area contributed by atoms with Crippen LogP contribution in [-0.2, 0) is 16.1 Å². The molecule has 1 aliphatic carbocycles. The first kappa shape index (κ1) is 18.1. The molecule has 1 aliphatic heterocycles. The molecule has 2 atom stereocenters. The van der Waals surface area contributed by atoms with Crippen LogP contribution in [0.15, 0.2) is 10.9 Å². The van der Waals surface area contributed by atoms with Gasteiger partial charge in [0, 0.05) is 18.4 Å². The summed E-state index contributed by atoms with van der Waals surface area (Å²) in [5, 5.41) is 21.7. The fraction of sp³-hybridized carbons (Fsp3) is 0.667. The summed E-state index contributed by atoms with van der Waals surface area (Å²) in [4.78, 5) is 25.3. The minimum atomic E-state index is -0.739. The first-order valence-electron chi connectivity index (χ1n) is 9.50. The lowest BCUT2D eigenvalue weighted by molar-refractivity contribution is -0.125. The van der Waals surface area contributed by atoms with Gasteiger partial charge in [0.1, 0.15) is 12.1 Å². The van der Waals surface area contributed by atoms with Gasteiger partial charge in [0.25, 0.3) is 5.56 Å². The number of amides is 1. The summed E-state index contributed by atoms with van der Waals surface area (Å²) >= 11 is 0. The molecule has 0 unspecified atom stereocenters. The Labute approximate surface area is 156 Å². The second-order valence-corrected chi connectivity index (χ2v) is 7.72. The lowest BCUT2D eigenvalue weighted by Gasteiger charge is -2.28. The lowest BCUT2D eigenvalue weighted by atomic mass is 10.1. The number of carbonyl (C=O) groups is 1. The first-order chi connectivity index (χ1) is 12.9. The van der Waals surface area contributed by atoms with E-state index < -0.39 is 6.10 Å². The van der Waals surface area contributed by atoms with Gasteiger partial charge in [-0.2, -0.15) is 10.2 Å². The molecule has 2 aromatic heterocycles. The summed E-state index contributed by atoms with van der Waals surface area (Å²) in [5.74, 6) is 0.773. The fourth-order valence-corrected chi connectivity index (χ4v) is 3.40. The third-order valence-electron chi connectivity index (χ3n) is 5.10. The van der Waals surface area contributed by atoms with Gasteiger partial charge in [-0.15, -0.1) is 0 Å². The summed E-state index contributed by atoms with van der Waals surface area (Å²) in [5.41, 5.74) is 1.04. The topological polar surface area (TPSA) is 111 Å². The average Bonchev–Trinajstić information content (AvgIpc) is 3.38. The van der Waals surface area contributed by atoms with E-state index in [-0.39, 0.29) is 36.6 Å². The number of aromatic nitrogens is 4. The smallest absolute Gasteiger partial charge is 0.293 e. The van der Waals surface area contributed by atoms with Gasteiger partial charge in [0.05, 0.1) is 24.4 Å². The van der Waals surface area contributed by atoms with Crippen molar-refractivity contribution in [2.75, 3.05) is 13.2 Å². The zero-order valence-electron chi connectivity index (χ0n) is 15.6. The van der Waals surface area contributed by atoms with Gasteiger partial charge < -0.3 is 15.2 Å². The molecular formula is C18H25N5O4. The van der Waals surface area contributed by atoms with Crippen molar-refractivity contribution in [3.63, 3.8) is 0 Å². The molecule has 27 heavy (non-hydrogen) atoms. The Morgan fingerprint density at radius 1 is 1.37 bits per heavy atom. The van der Waals surface area contributed by atoms with E-state index >= 15 is 0 Å². The van der Waals surface area contributed by atoms with Crippen LogP contribution >= 0.6 is 0 Å². The van der Waals surface area contributed by atoms with Crippen molar-refractivity contribution in [2.24, 2.45) is 0 Å². The molecule has 0 radical (unpaired) electrons. The maximum absolute atomic E-state index is 12.8. The highest BCUT2D eigenvalue weighted by molar-refractivity contribution is 5.76. The van der Waals surface area contributed by atoms with Crippen LogP contribution in [0.25, 0.3) is 5.52 Å². The van der Waals surface area contributed by atoms with Crippen LogP contribution in [0.5, 0.6) is 0 Å². The van der Waals surface area contributed by atoms with E-state index in [4.69, 9.17) is 4.74 Å². The number of nitrogens with one attached hydrogen (secondary N) is 1. The monoisotopic (exact) mass is 375 g/mol. The van der Waals surface area contributed by atoms with E-state index in [1.54, 1.807) is 4.52 Å². The van der Waals surface area contributed by atoms with Crippen molar-refractivity contribution in [1.82, 2.24) is 24.7 Å². The summed E-state index contributed by atoms with van der Waals surface area (Å²) in [6.07, 6.45) is 1.99. The number of rotatable bonds is 5. The van der Waals surface area contributed by atoms with Crippen molar-refractivity contribution < 1.29 is 14.6 Å². The van der Waals surface area contributed by atoms with Crippen LogP contribution in [0.2, 0.25) is 0 Å². The average molecular weight is 375 g/mol. The minimum absolute atomic E-state index is 0.0479. The third kappa shape index (κ3) is 3.61. The van der Waals surface area contributed by atoms with Crippen molar-refractivity contribution in [3.05, 3.63) is 27.9 Å². The fourth-order valence-electron chi connectivity index (χ4n) is 3.40. The van der Waals surface area contributed by atoms with Crippen LogP contribution in [0, 0.1) is 0 Å². The molecule has 1 amide bonds. The Morgan fingerprint density at radius 3 is 2.81 bits per heavy atom. The van der Waals surface area contributed by atoms with Gasteiger partial charge in [0.15, 0.2) is 5.82 Å². The van der Waals surface area contributed by atoms with Gasteiger partial charge >= 0.3 is 0 Å². The number of carbonyl (C=O) groups excluding carboxylic acids is 1. The molecule has 3 heterocycles. The van der Waals surface area contributed by atoms with Crippen LogP contribution in [0.4, 0.5) is 0 Å². The van der Waals surface area contributed by atoms with Gasteiger partial charge in [0.2, 0.25) is 5.91 Å². The van der Waals surface area contributed by atoms with Crippen molar-refractivity contribution >= 4 is 11.4 Å².